The van der Waals surface area contributed by atoms with E-state index < -0.39 is 0 Å². The third-order valence-corrected chi connectivity index (χ3v) is 4.62. The first-order valence-corrected chi connectivity index (χ1v) is 8.12. The van der Waals surface area contributed by atoms with E-state index in [0.717, 1.165) is 23.3 Å². The molecule has 1 unspecified atom stereocenters. The molecule has 1 atom stereocenters. The highest BCUT2D eigenvalue weighted by Gasteiger charge is 2.26. The van der Waals surface area contributed by atoms with Gasteiger partial charge in [-0.05, 0) is 30.4 Å². The molecule has 1 aliphatic rings. The van der Waals surface area contributed by atoms with E-state index >= 15 is 0 Å². The largest absolute Gasteiger partial charge is 0.349 e. The number of hydrogen-bond donors (Lipinski definition) is 2. The molecule has 0 spiro atoms. The topological polar surface area (TPSA) is 29.1 Å². The van der Waals surface area contributed by atoms with Gasteiger partial charge >= 0.3 is 0 Å². The maximum absolute atomic E-state index is 12.5. The highest BCUT2D eigenvalue weighted by Crippen LogP contribution is 2.29. The van der Waals surface area contributed by atoms with Gasteiger partial charge < -0.3 is 5.32 Å². The molecule has 110 valence electrons. The zero-order valence-electron chi connectivity index (χ0n) is 12.4. The average molecular weight is 291 g/mol. The summed E-state index contributed by atoms with van der Waals surface area (Å²) in [5.74, 6) is 0.785. The molecule has 1 N–H and O–H groups in total. The number of hydrogen-bond acceptors (Lipinski definition) is 2. The minimum atomic E-state index is 0.0538. The fraction of sp³-hybridized carbons (Fsp3) is 0.588. The van der Waals surface area contributed by atoms with Gasteiger partial charge in [-0.25, -0.2) is 0 Å². The SMILES string of the molecule is CC(C)C(NC(=O)C1CCCCC1)c1ccccc1S. The van der Waals surface area contributed by atoms with Gasteiger partial charge in [-0.2, -0.15) is 0 Å². The van der Waals surface area contributed by atoms with E-state index in [0.29, 0.717) is 5.92 Å². The Bertz CT molecular complexity index is 452. The van der Waals surface area contributed by atoms with Crippen LogP contribution < -0.4 is 5.32 Å². The molecular weight excluding hydrogens is 266 g/mol. The van der Waals surface area contributed by atoms with Gasteiger partial charge in [0.25, 0.3) is 0 Å². The molecule has 1 saturated carbocycles. The third-order valence-electron chi connectivity index (χ3n) is 4.21. The first-order chi connectivity index (χ1) is 9.59. The predicted octanol–water partition coefficient (Wildman–Crippen LogP) is 4.37. The lowest BCUT2D eigenvalue weighted by atomic mass is 9.87. The highest BCUT2D eigenvalue weighted by molar-refractivity contribution is 7.80. The maximum atomic E-state index is 12.5. The van der Waals surface area contributed by atoms with Gasteiger partial charge in [-0.1, -0.05) is 51.3 Å². The molecule has 1 aromatic carbocycles. The van der Waals surface area contributed by atoms with Crippen molar-refractivity contribution in [2.75, 3.05) is 0 Å². The molecule has 2 nitrogen and oxygen atoms in total. The van der Waals surface area contributed by atoms with E-state index in [1.165, 1.54) is 19.3 Å². The van der Waals surface area contributed by atoms with Crippen molar-refractivity contribution in [1.82, 2.24) is 5.32 Å². The average Bonchev–Trinajstić information content (AvgIpc) is 2.46. The van der Waals surface area contributed by atoms with Gasteiger partial charge in [0.05, 0.1) is 6.04 Å². The van der Waals surface area contributed by atoms with Crippen LogP contribution in [0.4, 0.5) is 0 Å². The van der Waals surface area contributed by atoms with Crippen molar-refractivity contribution in [2.45, 2.75) is 56.9 Å². The van der Waals surface area contributed by atoms with Crippen LogP contribution in [0.25, 0.3) is 0 Å². The molecule has 0 saturated heterocycles. The maximum Gasteiger partial charge on any atom is 0.223 e. The summed E-state index contributed by atoms with van der Waals surface area (Å²) in [4.78, 5) is 13.4. The summed E-state index contributed by atoms with van der Waals surface area (Å²) >= 11 is 4.53. The molecule has 1 amide bonds. The lowest BCUT2D eigenvalue weighted by Gasteiger charge is -2.28. The monoisotopic (exact) mass is 291 g/mol. The summed E-state index contributed by atoms with van der Waals surface area (Å²) < 4.78 is 0. The number of amides is 1. The number of nitrogens with one attached hydrogen (secondary N) is 1. The Morgan fingerprint density at radius 1 is 1.20 bits per heavy atom. The van der Waals surface area contributed by atoms with Gasteiger partial charge in [0, 0.05) is 10.8 Å². The summed E-state index contributed by atoms with van der Waals surface area (Å²) in [5, 5.41) is 3.26. The van der Waals surface area contributed by atoms with Crippen LogP contribution in [-0.4, -0.2) is 5.91 Å². The zero-order valence-corrected chi connectivity index (χ0v) is 13.3. The van der Waals surface area contributed by atoms with Crippen molar-refractivity contribution in [1.29, 1.82) is 0 Å². The molecular formula is C17H25NOS. The van der Waals surface area contributed by atoms with Gasteiger partial charge in [0.15, 0.2) is 0 Å². The van der Waals surface area contributed by atoms with Gasteiger partial charge in [0.1, 0.15) is 0 Å². The van der Waals surface area contributed by atoms with E-state index in [4.69, 9.17) is 0 Å². The minimum absolute atomic E-state index is 0.0538. The second-order valence-electron chi connectivity index (χ2n) is 6.12. The van der Waals surface area contributed by atoms with Crippen molar-refractivity contribution in [3.8, 4) is 0 Å². The standard InChI is InChI=1S/C17H25NOS/c1-12(2)16(14-10-6-7-11-15(14)20)18-17(19)13-8-4-3-5-9-13/h6-7,10-13,16,20H,3-5,8-9H2,1-2H3,(H,18,19). The van der Waals surface area contributed by atoms with E-state index in [2.05, 4.69) is 37.9 Å². The summed E-state index contributed by atoms with van der Waals surface area (Å²) in [5.41, 5.74) is 1.12. The molecule has 0 heterocycles. The molecule has 3 heteroatoms. The first-order valence-electron chi connectivity index (χ1n) is 7.68. The van der Waals surface area contributed by atoms with Crippen molar-refractivity contribution in [3.63, 3.8) is 0 Å². The van der Waals surface area contributed by atoms with Crippen LogP contribution in [0.2, 0.25) is 0 Å². The summed E-state index contributed by atoms with van der Waals surface area (Å²) in [6.45, 7) is 4.29. The van der Waals surface area contributed by atoms with E-state index in [-0.39, 0.29) is 17.9 Å². The third kappa shape index (κ3) is 3.78. The van der Waals surface area contributed by atoms with Gasteiger partial charge in [-0.3, -0.25) is 4.79 Å². The number of carbonyl (C=O) groups is 1. The molecule has 2 rings (SSSR count). The van der Waals surface area contributed by atoms with Crippen LogP contribution >= 0.6 is 12.6 Å². The number of benzene rings is 1. The molecule has 0 radical (unpaired) electrons. The Hall–Kier alpha value is -0.960. The Balaban J connectivity index is 2.10. The lowest BCUT2D eigenvalue weighted by molar-refractivity contribution is -0.127. The second-order valence-corrected chi connectivity index (χ2v) is 6.61. The molecule has 1 aliphatic carbocycles. The van der Waals surface area contributed by atoms with Crippen LogP contribution in [0.5, 0.6) is 0 Å². The van der Waals surface area contributed by atoms with Crippen LogP contribution in [0, 0.1) is 11.8 Å². The molecule has 20 heavy (non-hydrogen) atoms. The second kappa shape index (κ2) is 7.16. The van der Waals surface area contributed by atoms with E-state index in [1.807, 2.05) is 18.2 Å². The lowest BCUT2D eigenvalue weighted by Crippen LogP contribution is -2.37. The fourth-order valence-electron chi connectivity index (χ4n) is 2.99. The molecule has 1 fully saturated rings. The summed E-state index contributed by atoms with van der Waals surface area (Å²) in [6.07, 6.45) is 5.73. The van der Waals surface area contributed by atoms with Crippen molar-refractivity contribution in [2.24, 2.45) is 11.8 Å². The smallest absolute Gasteiger partial charge is 0.223 e. The Labute approximate surface area is 127 Å². The van der Waals surface area contributed by atoms with Crippen LogP contribution in [0.3, 0.4) is 0 Å². The Morgan fingerprint density at radius 3 is 2.45 bits per heavy atom. The zero-order chi connectivity index (χ0) is 14.5. The van der Waals surface area contributed by atoms with Crippen molar-refractivity contribution in [3.05, 3.63) is 29.8 Å². The van der Waals surface area contributed by atoms with Crippen LogP contribution in [-0.2, 0) is 4.79 Å². The normalized spacial score (nSPS) is 18.0. The van der Waals surface area contributed by atoms with Crippen molar-refractivity contribution >= 4 is 18.5 Å². The van der Waals surface area contributed by atoms with Crippen LogP contribution in [0.15, 0.2) is 29.2 Å². The summed E-state index contributed by atoms with van der Waals surface area (Å²) in [7, 11) is 0. The van der Waals surface area contributed by atoms with E-state index in [1.54, 1.807) is 0 Å². The number of carbonyl (C=O) groups excluding carboxylic acids is 1. The first kappa shape index (κ1) is 15.4. The highest BCUT2D eigenvalue weighted by atomic mass is 32.1. The van der Waals surface area contributed by atoms with Crippen molar-refractivity contribution < 1.29 is 4.79 Å². The molecule has 1 aromatic rings. The Kier molecular flexibility index (Phi) is 5.53. The molecule has 0 aliphatic heterocycles. The number of thiol groups is 1. The quantitative estimate of drug-likeness (QED) is 0.793. The van der Waals surface area contributed by atoms with Gasteiger partial charge in [-0.15, -0.1) is 12.6 Å². The molecule has 0 bridgehead atoms. The molecule has 0 aromatic heterocycles. The van der Waals surface area contributed by atoms with Gasteiger partial charge in [0.2, 0.25) is 5.91 Å². The van der Waals surface area contributed by atoms with Crippen LogP contribution in [0.1, 0.15) is 57.6 Å². The number of rotatable bonds is 4. The minimum Gasteiger partial charge on any atom is -0.349 e. The van der Waals surface area contributed by atoms with E-state index in [9.17, 15) is 4.79 Å². The summed E-state index contributed by atoms with van der Waals surface area (Å²) in [6, 6.07) is 8.09. The predicted molar refractivity (Wildman–Crippen MR) is 86.0 cm³/mol. The Morgan fingerprint density at radius 2 is 1.85 bits per heavy atom. The fourth-order valence-corrected chi connectivity index (χ4v) is 3.29.